The molecule has 0 spiro atoms. The zero-order chi connectivity index (χ0) is 63.6. The van der Waals surface area contributed by atoms with Crippen LogP contribution >= 0.6 is 15.9 Å². The standard InChI is InChI=1S/C53H80BrN3O8.C21H40O/c1-7-11-12-13-14-15-16-17-18-19-20-21-22-23-24-31-48(59)64-38-41(8-2)65-50(61)34-39(5)33-49(60)63-32-26-25-30-47(58)57-45-29-27-28-42-43-35-40(53(62)56(9-3)10-4)37-55(6)46(43)36-44(51(42)45)52(57)54;1-4-5-6-7-8-9-10-11-12-13-14-15-16-17-18-19-21(22)20(2)3/h17-18,27-29,35,39-41,46H,7-16,19-26,30-34,36-38H2,1-6H3;11-12,20H,4-10,13-19H2,1-3H3/b18-17-;12-11-. The fraction of sp³-hybridized carbons (Fsp3) is 0.730. The van der Waals surface area contributed by atoms with Gasteiger partial charge in [0.05, 0.1) is 22.6 Å². The van der Waals surface area contributed by atoms with Gasteiger partial charge in [-0.3, -0.25) is 38.2 Å². The van der Waals surface area contributed by atoms with Crippen LogP contribution in [-0.4, -0.2) is 102 Å². The summed E-state index contributed by atoms with van der Waals surface area (Å²) >= 11 is 3.79. The van der Waals surface area contributed by atoms with Gasteiger partial charge in [-0.1, -0.05) is 187 Å². The van der Waals surface area contributed by atoms with E-state index in [1.807, 2.05) is 51.7 Å². The molecule has 0 saturated heterocycles. The van der Waals surface area contributed by atoms with Crippen molar-refractivity contribution in [3.63, 3.8) is 0 Å². The van der Waals surface area contributed by atoms with Crippen molar-refractivity contribution < 1.29 is 43.0 Å². The van der Waals surface area contributed by atoms with Crippen LogP contribution in [0, 0.1) is 17.8 Å². The Bertz CT molecular complexity index is 2380. The quantitative estimate of drug-likeness (QED) is 0.0272. The van der Waals surface area contributed by atoms with Crippen molar-refractivity contribution in [3.8, 4) is 0 Å². The van der Waals surface area contributed by atoms with E-state index in [9.17, 15) is 28.8 Å². The van der Waals surface area contributed by atoms with Crippen LogP contribution < -0.4 is 0 Å². The molecular weight excluding hydrogens is 1150 g/mol. The van der Waals surface area contributed by atoms with E-state index in [-0.39, 0.29) is 74.1 Å². The number of esters is 3. The first-order valence-corrected chi connectivity index (χ1v) is 35.8. The highest BCUT2D eigenvalue weighted by Gasteiger charge is 2.38. The van der Waals surface area contributed by atoms with E-state index in [0.717, 1.165) is 77.2 Å². The van der Waals surface area contributed by atoms with Crippen molar-refractivity contribution in [1.82, 2.24) is 14.4 Å². The number of aromatic nitrogens is 1. The molecule has 0 N–H and O–H groups in total. The maximum Gasteiger partial charge on any atom is 0.306 e. The molecule has 1 aromatic heterocycles. The summed E-state index contributed by atoms with van der Waals surface area (Å²) in [5.41, 5.74) is 4.17. The van der Waals surface area contributed by atoms with Crippen LogP contribution in [0.2, 0.25) is 0 Å². The molecule has 4 unspecified atom stereocenters. The maximum atomic E-state index is 13.7. The molecule has 87 heavy (non-hydrogen) atoms. The van der Waals surface area contributed by atoms with Crippen molar-refractivity contribution in [2.45, 2.75) is 292 Å². The van der Waals surface area contributed by atoms with E-state index in [4.69, 9.17) is 14.2 Å². The van der Waals surface area contributed by atoms with Gasteiger partial charge in [-0.05, 0) is 155 Å². The first kappa shape index (κ1) is 76.9. The Labute approximate surface area is 536 Å². The van der Waals surface area contributed by atoms with Gasteiger partial charge in [-0.2, -0.15) is 0 Å². The second-order valence-corrected chi connectivity index (χ2v) is 26.0. The van der Waals surface area contributed by atoms with E-state index in [2.05, 4.69) is 78.2 Å². The molecule has 1 aliphatic heterocycles. The van der Waals surface area contributed by atoms with E-state index in [0.29, 0.717) is 51.1 Å². The number of hydrogen-bond acceptors (Lipinski definition) is 10. The largest absolute Gasteiger partial charge is 0.466 e. The maximum absolute atomic E-state index is 13.7. The lowest BCUT2D eigenvalue weighted by atomic mass is 9.79. The van der Waals surface area contributed by atoms with E-state index >= 15 is 0 Å². The minimum atomic E-state index is -0.529. The number of likely N-dealkylation sites (N-methyl/N-ethyl adjacent to an activating group) is 1. The topological polar surface area (TPSA) is 142 Å². The Morgan fingerprint density at radius 3 is 1.68 bits per heavy atom. The number of allylic oxidation sites excluding steroid dienone is 4. The number of amides is 1. The average Bonchev–Trinajstić information content (AvgIpc) is 1.89. The zero-order valence-electron chi connectivity index (χ0n) is 56.2. The molecule has 1 aliphatic carbocycles. The molecule has 1 aromatic carbocycles. The molecule has 0 radical (unpaired) electrons. The summed E-state index contributed by atoms with van der Waals surface area (Å²) in [5.74, 6) is -0.846. The lowest BCUT2D eigenvalue weighted by Crippen LogP contribution is -2.47. The van der Waals surface area contributed by atoms with Gasteiger partial charge in [-0.25, -0.2) is 0 Å². The highest BCUT2D eigenvalue weighted by molar-refractivity contribution is 9.10. The first-order chi connectivity index (χ1) is 42.1. The Hall–Kier alpha value is -4.36. The summed E-state index contributed by atoms with van der Waals surface area (Å²) in [6.45, 7) is 18.5. The Morgan fingerprint density at radius 1 is 0.621 bits per heavy atom. The van der Waals surface area contributed by atoms with Crippen LogP contribution in [0.15, 0.2) is 53.2 Å². The number of carbonyl (C=O) groups is 6. The summed E-state index contributed by atoms with van der Waals surface area (Å²) in [7, 11) is 2.08. The number of Topliss-reactive ketones (excluding diaryl/α,β-unsaturated/α-hetero) is 1. The number of halogens is 1. The molecule has 12 nitrogen and oxygen atoms in total. The second-order valence-electron chi connectivity index (χ2n) is 25.3. The normalized spacial score (nSPS) is 15.5. The number of carbonyl (C=O) groups excluding carboxylic acids is 6. The summed E-state index contributed by atoms with van der Waals surface area (Å²) in [6, 6.07) is 6.18. The number of nitrogens with zero attached hydrogens (tertiary/aromatic N) is 3. The van der Waals surface area contributed by atoms with Gasteiger partial charge in [0.2, 0.25) is 11.8 Å². The SMILES string of the molecule is CCCCCCCC/C=C\CCCCCCCC(=O)C(C)C.CCCCCCCC/C=C\CCCCCCCC(=O)OCC(CC)OC(=O)CC(C)CC(=O)OCCCCC(=O)n1c(Br)c2c3c(cccc31)C1=CC(C(=O)N(CC)CC)CN(C)C1C2. The van der Waals surface area contributed by atoms with Gasteiger partial charge in [0, 0.05) is 69.1 Å². The predicted octanol–water partition coefficient (Wildman–Crippen LogP) is 19.1. The van der Waals surface area contributed by atoms with Crippen LogP contribution in [-0.2, 0) is 44.6 Å². The van der Waals surface area contributed by atoms with Crippen LogP contribution in [0.5, 0.6) is 0 Å². The number of fused-ring (bicyclic) bond motifs is 2. The number of benzene rings is 1. The Balaban J connectivity index is 0.000000760. The number of rotatable bonds is 47. The van der Waals surface area contributed by atoms with Gasteiger partial charge in [0.25, 0.3) is 0 Å². The summed E-state index contributed by atoms with van der Waals surface area (Å²) < 4.78 is 19.0. The van der Waals surface area contributed by atoms with Crippen LogP contribution in [0.4, 0.5) is 0 Å². The van der Waals surface area contributed by atoms with Gasteiger partial charge < -0.3 is 19.1 Å². The van der Waals surface area contributed by atoms with Crippen molar-refractivity contribution in [2.24, 2.45) is 17.8 Å². The number of unbranched alkanes of at least 4 members (excludes halogenated alkanes) is 23. The Kier molecular flexibility index (Phi) is 41.3. The first-order valence-electron chi connectivity index (χ1n) is 35.0. The lowest BCUT2D eigenvalue weighted by molar-refractivity contribution is -0.160. The van der Waals surface area contributed by atoms with Crippen LogP contribution in [0.1, 0.15) is 290 Å². The summed E-state index contributed by atoms with van der Waals surface area (Å²) in [5, 5.41) is 1.06. The average molecular weight is 1280 g/mol. The smallest absolute Gasteiger partial charge is 0.306 e. The van der Waals surface area contributed by atoms with Crippen molar-refractivity contribution in [2.75, 3.05) is 39.9 Å². The number of ether oxygens (including phenoxy) is 3. The number of hydrogen-bond donors (Lipinski definition) is 0. The fourth-order valence-electron chi connectivity index (χ4n) is 11.9. The Morgan fingerprint density at radius 2 is 1.14 bits per heavy atom. The molecular formula is C74H120BrN3O9. The van der Waals surface area contributed by atoms with Crippen LogP contribution in [0.3, 0.4) is 0 Å². The van der Waals surface area contributed by atoms with E-state index < -0.39 is 18.0 Å². The fourth-order valence-corrected chi connectivity index (χ4v) is 12.6. The van der Waals surface area contributed by atoms with Crippen molar-refractivity contribution >= 4 is 67.9 Å². The lowest BCUT2D eigenvalue weighted by Gasteiger charge is -2.40. The molecule has 4 rings (SSSR count). The third kappa shape index (κ3) is 30.3. The minimum Gasteiger partial charge on any atom is -0.466 e. The van der Waals surface area contributed by atoms with Crippen molar-refractivity contribution in [1.29, 1.82) is 0 Å². The monoisotopic (exact) mass is 1270 g/mol. The van der Waals surface area contributed by atoms with Crippen molar-refractivity contribution in [3.05, 3.63) is 64.3 Å². The molecule has 0 fully saturated rings. The van der Waals surface area contributed by atoms with Gasteiger partial charge in [-0.15, -0.1) is 0 Å². The van der Waals surface area contributed by atoms with Gasteiger partial charge in [0.15, 0.2) is 0 Å². The number of ketones is 1. The van der Waals surface area contributed by atoms with Crippen LogP contribution in [0.25, 0.3) is 16.5 Å². The molecule has 4 atom stereocenters. The van der Waals surface area contributed by atoms with E-state index in [1.54, 1.807) is 11.5 Å². The zero-order valence-corrected chi connectivity index (χ0v) is 57.8. The van der Waals surface area contributed by atoms with Gasteiger partial charge in [0.1, 0.15) is 18.5 Å². The summed E-state index contributed by atoms with van der Waals surface area (Å²) in [6.07, 6.45) is 47.6. The molecule has 0 bridgehead atoms. The molecule has 13 heteroatoms. The van der Waals surface area contributed by atoms with Gasteiger partial charge >= 0.3 is 17.9 Å². The third-order valence-corrected chi connectivity index (χ3v) is 18.2. The molecule has 2 aliphatic rings. The molecule has 2 aromatic rings. The molecule has 492 valence electrons. The highest BCUT2D eigenvalue weighted by Crippen LogP contribution is 2.45. The molecule has 2 heterocycles. The molecule has 1 amide bonds. The minimum absolute atomic E-state index is 0.0299. The third-order valence-electron chi connectivity index (χ3n) is 17.4. The highest BCUT2D eigenvalue weighted by atomic mass is 79.9. The summed E-state index contributed by atoms with van der Waals surface area (Å²) in [4.78, 5) is 80.4. The predicted molar refractivity (Wildman–Crippen MR) is 363 cm³/mol. The second kappa shape index (κ2) is 46.7. The van der Waals surface area contributed by atoms with E-state index in [1.165, 1.54) is 135 Å². The molecule has 0 saturated carbocycles.